The van der Waals surface area contributed by atoms with Crippen LogP contribution in [-0.2, 0) is 4.74 Å². The molecule has 1 aliphatic heterocycles. The summed E-state index contributed by atoms with van der Waals surface area (Å²) in [4.78, 5) is 29.3. The van der Waals surface area contributed by atoms with Gasteiger partial charge in [-0.25, -0.2) is 24.3 Å². The van der Waals surface area contributed by atoms with E-state index in [0.29, 0.717) is 46.6 Å². The standard InChI is InChI=1S/C18H22ClN7O2/c1-10-21-16-15(22-14-13(26(16)23-10)6-11(19)7-20-14)25-8-12(9-25)28-17(27)24(5)18(2,3)4/h6-7,12H,8-9H2,1-5H3. The summed E-state index contributed by atoms with van der Waals surface area (Å²) in [7, 11) is 1.74. The van der Waals surface area contributed by atoms with Crippen LogP contribution in [0.4, 0.5) is 10.6 Å². The monoisotopic (exact) mass is 403 g/mol. The van der Waals surface area contributed by atoms with E-state index < -0.39 is 0 Å². The summed E-state index contributed by atoms with van der Waals surface area (Å²) in [6, 6.07) is 1.77. The number of halogens is 1. The van der Waals surface area contributed by atoms with Crippen LogP contribution < -0.4 is 4.90 Å². The number of carbonyl (C=O) groups excluding carboxylic acids is 1. The topological polar surface area (TPSA) is 88.8 Å². The highest BCUT2D eigenvalue weighted by atomic mass is 35.5. The van der Waals surface area contributed by atoms with E-state index >= 15 is 0 Å². The second-order valence-corrected chi connectivity index (χ2v) is 8.40. The summed E-state index contributed by atoms with van der Waals surface area (Å²) in [6.07, 6.45) is 1.03. The minimum absolute atomic E-state index is 0.197. The van der Waals surface area contributed by atoms with Crippen molar-refractivity contribution >= 4 is 40.3 Å². The summed E-state index contributed by atoms with van der Waals surface area (Å²) in [5, 5.41) is 4.96. The number of ether oxygens (including phenoxy) is 1. The Kier molecular flexibility index (Phi) is 4.29. The number of aryl methyl sites for hydroxylation is 1. The van der Waals surface area contributed by atoms with E-state index in [2.05, 4.69) is 20.1 Å². The zero-order chi connectivity index (χ0) is 20.2. The molecular formula is C18H22ClN7O2. The van der Waals surface area contributed by atoms with Crippen molar-refractivity contribution in [2.75, 3.05) is 25.0 Å². The van der Waals surface area contributed by atoms with Crippen LogP contribution in [-0.4, -0.2) is 67.3 Å². The predicted molar refractivity (Wildman–Crippen MR) is 106 cm³/mol. The summed E-state index contributed by atoms with van der Waals surface area (Å²) in [6.45, 7) is 8.79. The smallest absolute Gasteiger partial charge is 0.410 e. The van der Waals surface area contributed by atoms with Gasteiger partial charge in [-0.2, -0.15) is 5.10 Å². The molecule has 0 aromatic carbocycles. The molecule has 0 bridgehead atoms. The summed E-state index contributed by atoms with van der Waals surface area (Å²) in [5.41, 5.74) is 1.57. The molecule has 1 amide bonds. The third-order valence-corrected chi connectivity index (χ3v) is 5.07. The van der Waals surface area contributed by atoms with Gasteiger partial charge in [-0.3, -0.25) is 0 Å². The molecule has 10 heteroatoms. The van der Waals surface area contributed by atoms with E-state index in [0.717, 1.165) is 0 Å². The minimum Gasteiger partial charge on any atom is -0.442 e. The Labute approximate surface area is 167 Å². The zero-order valence-electron chi connectivity index (χ0n) is 16.5. The average molecular weight is 404 g/mol. The number of rotatable bonds is 2. The minimum atomic E-state index is -0.330. The third-order valence-electron chi connectivity index (χ3n) is 4.86. The quantitative estimate of drug-likeness (QED) is 0.649. The van der Waals surface area contributed by atoms with Crippen LogP contribution in [0, 0.1) is 6.92 Å². The average Bonchev–Trinajstić information content (AvgIpc) is 2.97. The van der Waals surface area contributed by atoms with Crippen molar-refractivity contribution in [3.63, 3.8) is 0 Å². The van der Waals surface area contributed by atoms with E-state index in [1.165, 1.54) is 0 Å². The second-order valence-electron chi connectivity index (χ2n) is 7.97. The molecule has 148 valence electrons. The fourth-order valence-corrected chi connectivity index (χ4v) is 3.09. The SMILES string of the molecule is Cc1nc2c(N3CC(OC(=O)N(C)C(C)(C)C)C3)nc3ncc(Cl)cc3n2n1. The van der Waals surface area contributed by atoms with E-state index in [9.17, 15) is 4.79 Å². The first-order chi connectivity index (χ1) is 13.1. The number of aromatic nitrogens is 5. The van der Waals surface area contributed by atoms with Crippen LogP contribution in [0.25, 0.3) is 16.8 Å². The molecule has 3 aromatic rings. The van der Waals surface area contributed by atoms with Gasteiger partial charge in [0.1, 0.15) is 17.4 Å². The van der Waals surface area contributed by atoms with Crippen molar-refractivity contribution in [3.05, 3.63) is 23.1 Å². The van der Waals surface area contributed by atoms with E-state index in [1.54, 1.807) is 28.7 Å². The highest BCUT2D eigenvalue weighted by Gasteiger charge is 2.35. The largest absolute Gasteiger partial charge is 0.442 e. The van der Waals surface area contributed by atoms with Crippen LogP contribution in [0.3, 0.4) is 0 Å². The molecule has 0 N–H and O–H groups in total. The summed E-state index contributed by atoms with van der Waals surface area (Å²) in [5.74, 6) is 1.30. The van der Waals surface area contributed by atoms with Crippen LogP contribution in [0.2, 0.25) is 5.02 Å². The predicted octanol–water partition coefficient (Wildman–Crippen LogP) is 2.69. The Hall–Kier alpha value is -2.68. The Morgan fingerprint density at radius 3 is 2.71 bits per heavy atom. The molecule has 4 rings (SSSR count). The molecule has 0 spiro atoms. The van der Waals surface area contributed by atoms with Gasteiger partial charge in [-0.15, -0.1) is 0 Å². The maximum atomic E-state index is 12.3. The molecule has 28 heavy (non-hydrogen) atoms. The van der Waals surface area contributed by atoms with Gasteiger partial charge in [-0.05, 0) is 33.8 Å². The number of hydrogen-bond acceptors (Lipinski definition) is 7. The fourth-order valence-electron chi connectivity index (χ4n) is 2.93. The van der Waals surface area contributed by atoms with Crippen molar-refractivity contribution < 1.29 is 9.53 Å². The van der Waals surface area contributed by atoms with Gasteiger partial charge < -0.3 is 14.5 Å². The van der Waals surface area contributed by atoms with Crippen LogP contribution in [0.1, 0.15) is 26.6 Å². The lowest BCUT2D eigenvalue weighted by molar-refractivity contribution is 0.0365. The lowest BCUT2D eigenvalue weighted by atomic mass is 10.1. The molecule has 4 heterocycles. The van der Waals surface area contributed by atoms with Gasteiger partial charge in [0.05, 0.1) is 18.1 Å². The first-order valence-corrected chi connectivity index (χ1v) is 9.39. The first kappa shape index (κ1) is 18.7. The number of pyridine rings is 1. The second kappa shape index (κ2) is 6.44. The number of carbonyl (C=O) groups is 1. The molecule has 0 aliphatic carbocycles. The van der Waals surface area contributed by atoms with Crippen molar-refractivity contribution in [3.8, 4) is 0 Å². The number of anilines is 1. The summed E-state index contributed by atoms with van der Waals surface area (Å²) < 4.78 is 7.30. The Morgan fingerprint density at radius 1 is 1.32 bits per heavy atom. The van der Waals surface area contributed by atoms with Gasteiger partial charge in [0.25, 0.3) is 0 Å². The van der Waals surface area contributed by atoms with Crippen molar-refractivity contribution in [1.29, 1.82) is 0 Å². The van der Waals surface area contributed by atoms with E-state index in [4.69, 9.17) is 16.3 Å². The number of hydrogen-bond donors (Lipinski definition) is 0. The molecule has 0 atom stereocenters. The molecule has 1 fully saturated rings. The number of fused-ring (bicyclic) bond motifs is 3. The van der Waals surface area contributed by atoms with E-state index in [1.807, 2.05) is 32.6 Å². The lowest BCUT2D eigenvalue weighted by Gasteiger charge is -2.41. The van der Waals surface area contributed by atoms with Crippen molar-refractivity contribution in [2.24, 2.45) is 0 Å². The van der Waals surface area contributed by atoms with Crippen LogP contribution in [0.15, 0.2) is 12.3 Å². The van der Waals surface area contributed by atoms with Crippen LogP contribution in [0.5, 0.6) is 0 Å². The maximum Gasteiger partial charge on any atom is 0.410 e. The normalized spacial score (nSPS) is 15.1. The highest BCUT2D eigenvalue weighted by Crippen LogP contribution is 2.28. The Bertz CT molecular complexity index is 1070. The maximum absolute atomic E-state index is 12.3. The first-order valence-electron chi connectivity index (χ1n) is 9.01. The number of nitrogens with zero attached hydrogens (tertiary/aromatic N) is 7. The van der Waals surface area contributed by atoms with Gasteiger partial charge in [-0.1, -0.05) is 11.6 Å². The molecule has 0 radical (unpaired) electrons. The molecule has 9 nitrogen and oxygen atoms in total. The van der Waals surface area contributed by atoms with Gasteiger partial charge >= 0.3 is 6.09 Å². The molecule has 0 unspecified atom stereocenters. The third kappa shape index (κ3) is 3.19. The molecule has 3 aromatic heterocycles. The van der Waals surface area contributed by atoms with Crippen molar-refractivity contribution in [1.82, 2.24) is 29.5 Å². The van der Waals surface area contributed by atoms with Gasteiger partial charge in [0, 0.05) is 18.8 Å². The van der Waals surface area contributed by atoms with Crippen LogP contribution >= 0.6 is 11.6 Å². The van der Waals surface area contributed by atoms with Gasteiger partial charge in [0.15, 0.2) is 17.1 Å². The van der Waals surface area contributed by atoms with E-state index in [-0.39, 0.29) is 17.7 Å². The fraction of sp³-hybridized carbons (Fsp3) is 0.500. The molecule has 1 aliphatic rings. The lowest BCUT2D eigenvalue weighted by Crippen LogP contribution is -2.55. The zero-order valence-corrected chi connectivity index (χ0v) is 17.2. The van der Waals surface area contributed by atoms with Crippen molar-refractivity contribution in [2.45, 2.75) is 39.3 Å². The summed E-state index contributed by atoms with van der Waals surface area (Å²) >= 11 is 6.08. The molecule has 0 saturated carbocycles. The molecular weight excluding hydrogens is 382 g/mol. The molecule has 1 saturated heterocycles. The Balaban J connectivity index is 1.58. The highest BCUT2D eigenvalue weighted by molar-refractivity contribution is 6.31. The number of amides is 1. The Morgan fingerprint density at radius 2 is 2.04 bits per heavy atom. The van der Waals surface area contributed by atoms with Gasteiger partial charge in [0.2, 0.25) is 0 Å².